The van der Waals surface area contributed by atoms with Gasteiger partial charge in [0.2, 0.25) is 0 Å². The third-order valence-corrected chi connectivity index (χ3v) is 2.48. The smallest absolute Gasteiger partial charge is 0.0109 e. The van der Waals surface area contributed by atoms with Crippen molar-refractivity contribution in [3.05, 3.63) is 61.0 Å². The van der Waals surface area contributed by atoms with Crippen molar-refractivity contribution in [2.24, 2.45) is 0 Å². The fraction of sp³-hybridized carbons (Fsp3) is 0.0714. The Balaban J connectivity index is 2.77. The second-order valence-electron chi connectivity index (χ2n) is 3.34. The average molecular weight is 181 g/mol. The van der Waals surface area contributed by atoms with Crippen molar-refractivity contribution >= 4 is 16.3 Å². The summed E-state index contributed by atoms with van der Waals surface area (Å²) < 4.78 is 0. The lowest BCUT2D eigenvalue weighted by Crippen LogP contribution is -1.82. The molecule has 0 bridgehead atoms. The highest BCUT2D eigenvalue weighted by Gasteiger charge is 2.00. The predicted octanol–water partition coefficient (Wildman–Crippen LogP) is 4.08. The van der Waals surface area contributed by atoms with Gasteiger partial charge in [-0.3, -0.25) is 0 Å². The van der Waals surface area contributed by atoms with Crippen LogP contribution in [0.5, 0.6) is 0 Å². The van der Waals surface area contributed by atoms with Gasteiger partial charge in [0.15, 0.2) is 0 Å². The van der Waals surface area contributed by atoms with Crippen LogP contribution >= 0.6 is 0 Å². The van der Waals surface area contributed by atoms with Gasteiger partial charge in [0, 0.05) is 0 Å². The van der Waals surface area contributed by atoms with Crippen molar-refractivity contribution in [2.75, 3.05) is 0 Å². The van der Waals surface area contributed by atoms with E-state index in [1.54, 1.807) is 0 Å². The second kappa shape index (κ2) is 3.67. The zero-order valence-corrected chi connectivity index (χ0v) is 8.33. The van der Waals surface area contributed by atoms with E-state index in [-0.39, 0.29) is 0 Å². The molecule has 0 aliphatic rings. The third-order valence-electron chi connectivity index (χ3n) is 2.48. The fourth-order valence-electron chi connectivity index (χ4n) is 1.66. The Hall–Kier alpha value is -1.56. The molecule has 1 radical (unpaired) electrons. The van der Waals surface area contributed by atoms with E-state index < -0.39 is 0 Å². The number of fused-ring (bicyclic) bond motifs is 1. The van der Waals surface area contributed by atoms with E-state index in [2.05, 4.69) is 49.4 Å². The first kappa shape index (κ1) is 9.01. The van der Waals surface area contributed by atoms with Crippen LogP contribution in [0, 0.1) is 6.92 Å². The van der Waals surface area contributed by atoms with E-state index in [0.717, 1.165) is 5.57 Å². The molecule has 0 nitrogen and oxygen atoms in total. The van der Waals surface area contributed by atoms with Crippen molar-refractivity contribution in [3.8, 4) is 0 Å². The van der Waals surface area contributed by atoms with Gasteiger partial charge >= 0.3 is 0 Å². The number of hydrogen-bond acceptors (Lipinski definition) is 0. The molecular weight excluding hydrogens is 168 g/mol. The molecule has 2 aromatic carbocycles. The number of hydrogen-bond donors (Lipinski definition) is 0. The topological polar surface area (TPSA) is 0 Å². The highest BCUT2D eigenvalue weighted by Crippen LogP contribution is 2.24. The van der Waals surface area contributed by atoms with Crippen LogP contribution in [-0.2, 0) is 0 Å². The average Bonchev–Trinajstić information content (AvgIpc) is 2.27. The molecular formula is C14H13. The number of rotatable bonds is 1. The van der Waals surface area contributed by atoms with Gasteiger partial charge in [0.05, 0.1) is 0 Å². The molecule has 2 rings (SSSR count). The van der Waals surface area contributed by atoms with Crippen LogP contribution in [0.3, 0.4) is 0 Å². The molecule has 0 heteroatoms. The zero-order valence-electron chi connectivity index (χ0n) is 8.33. The lowest BCUT2D eigenvalue weighted by Gasteiger charge is -2.05. The molecule has 2 aromatic rings. The van der Waals surface area contributed by atoms with Crippen LogP contribution < -0.4 is 0 Å². The van der Waals surface area contributed by atoms with Gasteiger partial charge in [-0.25, -0.2) is 0 Å². The van der Waals surface area contributed by atoms with Crippen molar-refractivity contribution in [2.45, 2.75) is 6.92 Å². The molecule has 0 atom stereocenters. The van der Waals surface area contributed by atoms with E-state index >= 15 is 0 Å². The maximum atomic E-state index is 4.04. The Kier molecular flexibility index (Phi) is 2.36. The molecule has 14 heavy (non-hydrogen) atoms. The first-order valence-electron chi connectivity index (χ1n) is 4.79. The van der Waals surface area contributed by atoms with Gasteiger partial charge in [-0.15, -0.1) is 0 Å². The minimum Gasteiger partial charge on any atom is -0.0838 e. The molecule has 0 spiro atoms. The Bertz CT molecular complexity index is 473. The Labute approximate surface area is 84.9 Å². The normalized spacial score (nSPS) is 12.0. The van der Waals surface area contributed by atoms with E-state index in [4.69, 9.17) is 0 Å². The Morgan fingerprint density at radius 3 is 2.57 bits per heavy atom. The third kappa shape index (κ3) is 1.44. The summed E-state index contributed by atoms with van der Waals surface area (Å²) in [6, 6.07) is 14.7. The Morgan fingerprint density at radius 1 is 1.07 bits per heavy atom. The van der Waals surface area contributed by atoms with E-state index in [1.807, 2.05) is 13.0 Å². The van der Waals surface area contributed by atoms with Crippen LogP contribution in [0.2, 0.25) is 0 Å². The number of benzene rings is 2. The molecule has 0 N–H and O–H groups in total. The summed E-state index contributed by atoms with van der Waals surface area (Å²) in [4.78, 5) is 0. The lowest BCUT2D eigenvalue weighted by molar-refractivity contribution is 1.65. The zero-order chi connectivity index (χ0) is 9.97. The molecule has 0 amide bonds. The maximum Gasteiger partial charge on any atom is -0.0109 e. The summed E-state index contributed by atoms with van der Waals surface area (Å²) in [6.45, 7) is 6.06. The summed E-state index contributed by atoms with van der Waals surface area (Å²) >= 11 is 0. The minimum absolute atomic E-state index is 1.08. The highest BCUT2D eigenvalue weighted by atomic mass is 14.0. The fourth-order valence-corrected chi connectivity index (χ4v) is 1.66. The molecule has 0 saturated heterocycles. The van der Waals surface area contributed by atoms with Crippen LogP contribution in [0.4, 0.5) is 0 Å². The van der Waals surface area contributed by atoms with Crippen LogP contribution in [0.1, 0.15) is 12.5 Å². The standard InChI is InChI=1S/C14H13/c1-3-11(2)13-10-6-8-12-7-4-5-9-14(12)13/h3-10H,2H2,1H3. The molecule has 0 unspecified atom stereocenters. The van der Waals surface area contributed by atoms with E-state index in [1.165, 1.54) is 16.3 Å². The first-order valence-corrected chi connectivity index (χ1v) is 4.79. The molecule has 0 fully saturated rings. The summed E-state index contributed by atoms with van der Waals surface area (Å²) in [5.41, 5.74) is 2.31. The second-order valence-corrected chi connectivity index (χ2v) is 3.34. The monoisotopic (exact) mass is 181 g/mol. The van der Waals surface area contributed by atoms with E-state index in [0.29, 0.717) is 0 Å². The minimum atomic E-state index is 1.08. The molecule has 0 aromatic heterocycles. The molecule has 0 heterocycles. The maximum absolute atomic E-state index is 4.04. The first-order chi connectivity index (χ1) is 6.83. The van der Waals surface area contributed by atoms with Gasteiger partial charge < -0.3 is 0 Å². The molecule has 69 valence electrons. The summed E-state index contributed by atoms with van der Waals surface area (Å²) in [7, 11) is 0. The quantitative estimate of drug-likeness (QED) is 0.622. The van der Waals surface area contributed by atoms with E-state index in [9.17, 15) is 0 Å². The summed E-state index contributed by atoms with van der Waals surface area (Å²) in [5.74, 6) is 0. The van der Waals surface area contributed by atoms with Crippen molar-refractivity contribution in [3.63, 3.8) is 0 Å². The van der Waals surface area contributed by atoms with Crippen LogP contribution in [-0.4, -0.2) is 0 Å². The lowest BCUT2D eigenvalue weighted by atomic mass is 9.99. The largest absolute Gasteiger partial charge is 0.0838 e. The summed E-state index contributed by atoms with van der Waals surface area (Å²) in [6.07, 6.45) is 2.04. The number of allylic oxidation sites excluding steroid dienone is 2. The van der Waals surface area contributed by atoms with Crippen LogP contribution in [0.25, 0.3) is 16.3 Å². The SMILES string of the molecule is [CH2]C(=CC)c1cccc2ccccc12. The summed E-state index contributed by atoms with van der Waals surface area (Å²) in [5, 5.41) is 2.55. The molecule has 0 aliphatic carbocycles. The molecule has 0 saturated carbocycles. The van der Waals surface area contributed by atoms with Gasteiger partial charge in [-0.05, 0) is 35.8 Å². The van der Waals surface area contributed by atoms with Gasteiger partial charge in [-0.1, -0.05) is 48.5 Å². The van der Waals surface area contributed by atoms with Gasteiger partial charge in [0.1, 0.15) is 0 Å². The molecule has 0 aliphatic heterocycles. The van der Waals surface area contributed by atoms with Crippen molar-refractivity contribution in [1.82, 2.24) is 0 Å². The van der Waals surface area contributed by atoms with Gasteiger partial charge in [-0.2, -0.15) is 0 Å². The van der Waals surface area contributed by atoms with Crippen LogP contribution in [0.15, 0.2) is 48.5 Å². The van der Waals surface area contributed by atoms with Gasteiger partial charge in [0.25, 0.3) is 0 Å². The van der Waals surface area contributed by atoms with Crippen molar-refractivity contribution in [1.29, 1.82) is 0 Å². The Morgan fingerprint density at radius 2 is 1.79 bits per heavy atom. The van der Waals surface area contributed by atoms with Crippen molar-refractivity contribution < 1.29 is 0 Å². The highest BCUT2D eigenvalue weighted by molar-refractivity contribution is 5.94. The predicted molar refractivity (Wildman–Crippen MR) is 63.0 cm³/mol.